The molecule has 0 bridgehead atoms. The van der Waals surface area contributed by atoms with Crippen molar-refractivity contribution in [3.8, 4) is 5.75 Å². The van der Waals surface area contributed by atoms with Crippen molar-refractivity contribution in [2.45, 2.75) is 36.9 Å². The van der Waals surface area contributed by atoms with E-state index in [1.165, 1.54) is 26.5 Å². The first kappa shape index (κ1) is 26.4. The van der Waals surface area contributed by atoms with Crippen molar-refractivity contribution < 1.29 is 27.9 Å². The third kappa shape index (κ3) is 5.37. The van der Waals surface area contributed by atoms with Gasteiger partial charge in [0.1, 0.15) is 12.4 Å². The van der Waals surface area contributed by atoms with E-state index in [9.17, 15) is 27.9 Å². The Balaban J connectivity index is 1.36. The normalized spacial score (nSPS) is 17.2. The second-order valence-corrected chi connectivity index (χ2v) is 11.5. The van der Waals surface area contributed by atoms with Gasteiger partial charge in [0.05, 0.1) is 16.7 Å². The Bertz CT molecular complexity index is 1540. The number of hydrogen-bond donors (Lipinski definition) is 1. The Labute approximate surface area is 225 Å². The molecule has 11 nitrogen and oxygen atoms in total. The van der Waals surface area contributed by atoms with E-state index in [0.717, 1.165) is 5.56 Å². The molecule has 12 heteroatoms. The number of fused-ring (bicyclic) bond motifs is 1. The van der Waals surface area contributed by atoms with Gasteiger partial charge in [-0.05, 0) is 30.5 Å². The summed E-state index contributed by atoms with van der Waals surface area (Å²) in [5.41, 5.74) is -0.399. The lowest BCUT2D eigenvalue weighted by Crippen LogP contribution is -2.46. The number of benzene rings is 2. The molecule has 204 valence electrons. The van der Waals surface area contributed by atoms with Crippen molar-refractivity contribution >= 4 is 21.8 Å². The largest absolute Gasteiger partial charge is 0.501 e. The molecule has 3 heterocycles. The van der Waals surface area contributed by atoms with E-state index < -0.39 is 39.2 Å². The van der Waals surface area contributed by atoms with Gasteiger partial charge in [-0.3, -0.25) is 14.5 Å². The minimum atomic E-state index is -3.64. The smallest absolute Gasteiger partial charge is 0.410 e. The summed E-state index contributed by atoms with van der Waals surface area (Å²) < 4.78 is 32.4. The molecular formula is C27H28N4O7S. The molecule has 1 fully saturated rings. The summed E-state index contributed by atoms with van der Waals surface area (Å²) in [7, 11) is -3.64. The summed E-state index contributed by atoms with van der Waals surface area (Å²) in [6, 6.07) is 16.6. The number of ether oxygens (including phenoxy) is 1. The maximum Gasteiger partial charge on any atom is 0.410 e. The first-order valence-corrected chi connectivity index (χ1v) is 14.3. The molecule has 0 saturated carbocycles. The summed E-state index contributed by atoms with van der Waals surface area (Å²) in [6.45, 7) is 0.693. The number of hydrogen-bond acceptors (Lipinski definition) is 8. The Morgan fingerprint density at radius 2 is 1.69 bits per heavy atom. The minimum absolute atomic E-state index is 0.0866. The van der Waals surface area contributed by atoms with Crippen LogP contribution in [0, 0.1) is 0 Å². The molecule has 0 aliphatic carbocycles. The number of rotatable bonds is 7. The van der Waals surface area contributed by atoms with Crippen LogP contribution in [-0.2, 0) is 27.7 Å². The van der Waals surface area contributed by atoms with Gasteiger partial charge in [0.2, 0.25) is 5.75 Å². The third-order valence-corrected chi connectivity index (χ3v) is 8.71. The lowest BCUT2D eigenvalue weighted by molar-refractivity contribution is 0.0697. The number of nitrogens with zero attached hydrogens (tertiary/aromatic N) is 4. The first-order chi connectivity index (χ1) is 18.8. The summed E-state index contributed by atoms with van der Waals surface area (Å²) in [6.07, 6.45) is 0.590. The van der Waals surface area contributed by atoms with E-state index in [1.807, 2.05) is 30.3 Å². The van der Waals surface area contributed by atoms with Crippen LogP contribution in [0.25, 0.3) is 0 Å². The average Bonchev–Trinajstić information content (AvgIpc) is 3.44. The van der Waals surface area contributed by atoms with Crippen LogP contribution in [0.15, 0.2) is 70.4 Å². The average molecular weight is 553 g/mol. The van der Waals surface area contributed by atoms with Gasteiger partial charge in [-0.15, -0.1) is 0 Å². The highest BCUT2D eigenvalue weighted by atomic mass is 32.2. The number of carbonyl (C=O) groups is 2. The van der Waals surface area contributed by atoms with Crippen LogP contribution in [0.2, 0.25) is 0 Å². The quantitative estimate of drug-likeness (QED) is 0.471. The predicted molar refractivity (Wildman–Crippen MR) is 140 cm³/mol. The molecule has 2 amide bonds. The number of aromatic nitrogens is 2. The van der Waals surface area contributed by atoms with E-state index >= 15 is 0 Å². The fourth-order valence-electron chi connectivity index (χ4n) is 4.98. The highest BCUT2D eigenvalue weighted by molar-refractivity contribution is 7.91. The van der Waals surface area contributed by atoms with Gasteiger partial charge in [-0.25, -0.2) is 13.2 Å². The summed E-state index contributed by atoms with van der Waals surface area (Å²) in [5, 5.41) is 10.5. The second kappa shape index (κ2) is 10.9. The lowest BCUT2D eigenvalue weighted by atomic mass is 10.1. The fourth-order valence-corrected chi connectivity index (χ4v) is 6.24. The van der Waals surface area contributed by atoms with Crippen LogP contribution in [0.1, 0.15) is 40.8 Å². The van der Waals surface area contributed by atoms with E-state index in [1.54, 1.807) is 18.2 Å². The van der Waals surface area contributed by atoms with E-state index in [2.05, 4.69) is 4.98 Å². The maximum atomic E-state index is 13.4. The van der Waals surface area contributed by atoms with Crippen molar-refractivity contribution in [1.82, 2.24) is 19.4 Å². The Hall–Kier alpha value is -4.19. The Kier molecular flexibility index (Phi) is 7.38. The second-order valence-electron chi connectivity index (χ2n) is 9.44. The molecule has 1 N–H and O–H groups in total. The van der Waals surface area contributed by atoms with Gasteiger partial charge in [0, 0.05) is 26.2 Å². The van der Waals surface area contributed by atoms with Crippen molar-refractivity contribution in [3.05, 3.63) is 88.1 Å². The van der Waals surface area contributed by atoms with Gasteiger partial charge < -0.3 is 19.3 Å². The zero-order chi connectivity index (χ0) is 27.6. The highest BCUT2D eigenvalue weighted by Gasteiger charge is 2.38. The molecule has 3 aromatic rings. The summed E-state index contributed by atoms with van der Waals surface area (Å²) in [5.74, 6) is -1.57. The molecule has 5 rings (SSSR count). The first-order valence-electron chi connectivity index (χ1n) is 12.6. The predicted octanol–water partition coefficient (Wildman–Crippen LogP) is 2.35. The van der Waals surface area contributed by atoms with Crippen LogP contribution in [-0.4, -0.2) is 70.3 Å². The van der Waals surface area contributed by atoms with Crippen LogP contribution >= 0.6 is 0 Å². The molecule has 2 aromatic carbocycles. The lowest BCUT2D eigenvalue weighted by Gasteiger charge is -2.33. The molecule has 2 aliphatic heterocycles. The molecule has 0 radical (unpaired) electrons. The van der Waals surface area contributed by atoms with Crippen molar-refractivity contribution in [2.24, 2.45) is 0 Å². The van der Waals surface area contributed by atoms with Gasteiger partial charge in [0.15, 0.2) is 15.5 Å². The zero-order valence-electron chi connectivity index (χ0n) is 21.1. The Morgan fingerprint density at radius 1 is 1.00 bits per heavy atom. The maximum absolute atomic E-state index is 13.4. The number of sulfone groups is 1. The third-order valence-electron chi connectivity index (χ3n) is 7.00. The van der Waals surface area contributed by atoms with Crippen LogP contribution in [0.5, 0.6) is 5.75 Å². The topological polar surface area (TPSA) is 139 Å². The molecule has 39 heavy (non-hydrogen) atoms. The number of aromatic hydroxyl groups is 1. The van der Waals surface area contributed by atoms with Crippen LogP contribution in [0.3, 0.4) is 0 Å². The van der Waals surface area contributed by atoms with Crippen molar-refractivity contribution in [2.75, 3.05) is 25.4 Å². The molecule has 2 aliphatic rings. The summed E-state index contributed by atoms with van der Waals surface area (Å²) >= 11 is 0. The molecule has 1 saturated heterocycles. The SMILES string of the molecule is O=C1c2c(O)c(=O)nc([C@@H]3CCCN3C(=O)OCc3ccccc3)n2CCN1CCS(=O)(=O)c1ccccc1. The monoisotopic (exact) mass is 552 g/mol. The van der Waals surface area contributed by atoms with Gasteiger partial charge >= 0.3 is 11.7 Å². The number of likely N-dealkylation sites (tertiary alicyclic amines) is 1. The van der Waals surface area contributed by atoms with Crippen LogP contribution < -0.4 is 5.56 Å². The number of amides is 2. The Morgan fingerprint density at radius 3 is 2.41 bits per heavy atom. The van der Waals surface area contributed by atoms with Gasteiger partial charge in [0.25, 0.3) is 5.91 Å². The zero-order valence-corrected chi connectivity index (χ0v) is 21.9. The van der Waals surface area contributed by atoms with E-state index in [-0.39, 0.29) is 48.4 Å². The van der Waals surface area contributed by atoms with Crippen LogP contribution in [0.4, 0.5) is 4.79 Å². The number of carbonyl (C=O) groups excluding carboxylic acids is 2. The van der Waals surface area contributed by atoms with Crippen molar-refractivity contribution in [3.63, 3.8) is 0 Å². The minimum Gasteiger partial charge on any atom is -0.501 e. The standard InChI is InChI=1S/C27H28N4O7S/c32-23-22-26(34)29(16-17-39(36,37)20-10-5-2-6-11-20)14-15-31(22)24(28-25(23)33)21-12-7-13-30(21)27(35)38-18-19-8-3-1-4-9-19/h1-6,8-11,21,32H,7,12-18H2/t21-/m0/s1. The van der Waals surface area contributed by atoms with E-state index in [0.29, 0.717) is 19.4 Å². The highest BCUT2D eigenvalue weighted by Crippen LogP contribution is 2.33. The van der Waals surface area contributed by atoms with E-state index in [4.69, 9.17) is 4.74 Å². The van der Waals surface area contributed by atoms with Gasteiger partial charge in [-0.2, -0.15) is 4.98 Å². The van der Waals surface area contributed by atoms with Gasteiger partial charge in [-0.1, -0.05) is 48.5 Å². The van der Waals surface area contributed by atoms with Crippen molar-refractivity contribution in [1.29, 1.82) is 0 Å². The molecule has 1 atom stereocenters. The molecule has 1 aromatic heterocycles. The molecule has 0 spiro atoms. The molecule has 0 unspecified atom stereocenters. The summed E-state index contributed by atoms with van der Waals surface area (Å²) in [4.78, 5) is 45.9. The fraction of sp³-hybridized carbons (Fsp3) is 0.333. The molecular weight excluding hydrogens is 524 g/mol.